The third kappa shape index (κ3) is 3.98. The number of aryl methyl sites for hydroxylation is 2. The molecule has 7 nitrogen and oxygen atoms in total. The van der Waals surface area contributed by atoms with Gasteiger partial charge in [0, 0.05) is 26.2 Å². The average Bonchev–Trinajstić information content (AvgIpc) is 3.32. The van der Waals surface area contributed by atoms with Crippen LogP contribution in [0, 0.1) is 0 Å². The number of fused-ring (bicyclic) bond motifs is 1. The summed E-state index contributed by atoms with van der Waals surface area (Å²) in [7, 11) is 3.68. The summed E-state index contributed by atoms with van der Waals surface area (Å²) in [6.45, 7) is 2.87. The van der Waals surface area contributed by atoms with E-state index in [1.807, 2.05) is 42.1 Å². The van der Waals surface area contributed by atoms with Crippen molar-refractivity contribution in [3.63, 3.8) is 0 Å². The fraction of sp³-hybridized carbons (Fsp3) is 0.318. The Labute approximate surface area is 182 Å². The number of nitrogens with two attached hydrogens (primary N) is 1. The largest absolute Gasteiger partial charge is 0.497 e. The molecule has 0 aliphatic carbocycles. The van der Waals surface area contributed by atoms with Gasteiger partial charge in [-0.25, -0.2) is 4.98 Å². The van der Waals surface area contributed by atoms with E-state index in [4.69, 9.17) is 15.5 Å². The molecule has 0 saturated carbocycles. The molecule has 8 heteroatoms. The van der Waals surface area contributed by atoms with Crippen molar-refractivity contribution in [2.75, 3.05) is 12.8 Å². The molecule has 0 aliphatic rings. The third-order valence-corrected chi connectivity index (χ3v) is 5.21. The van der Waals surface area contributed by atoms with Crippen LogP contribution in [0.1, 0.15) is 31.2 Å². The highest BCUT2D eigenvalue weighted by Crippen LogP contribution is 2.31. The zero-order chi connectivity index (χ0) is 20.4. The Morgan fingerprint density at radius 3 is 2.50 bits per heavy atom. The minimum absolute atomic E-state index is 0. The van der Waals surface area contributed by atoms with Gasteiger partial charge in [-0.15, -0.1) is 22.6 Å². The SMILES string of the molecule is CCCCc1nc2c(N)nnc(-c3cccn3C)c2n1Cc1ccc(OC)cc1.Cl. The lowest BCUT2D eigenvalue weighted by Gasteiger charge is -2.12. The molecule has 0 fully saturated rings. The van der Waals surface area contributed by atoms with Crippen molar-refractivity contribution in [1.82, 2.24) is 24.3 Å². The van der Waals surface area contributed by atoms with Crippen LogP contribution >= 0.6 is 12.4 Å². The normalized spacial score (nSPS) is 10.9. The van der Waals surface area contributed by atoms with Gasteiger partial charge in [0.1, 0.15) is 28.3 Å². The van der Waals surface area contributed by atoms with Gasteiger partial charge < -0.3 is 19.6 Å². The van der Waals surface area contributed by atoms with Crippen LogP contribution < -0.4 is 10.5 Å². The number of hydrogen-bond donors (Lipinski definition) is 1. The lowest BCUT2D eigenvalue weighted by atomic mass is 10.2. The summed E-state index contributed by atoms with van der Waals surface area (Å²) in [6, 6.07) is 12.2. The number of methoxy groups -OCH3 is 1. The summed E-state index contributed by atoms with van der Waals surface area (Å²) in [5, 5.41) is 8.65. The number of halogens is 1. The minimum Gasteiger partial charge on any atom is -0.497 e. The highest BCUT2D eigenvalue weighted by molar-refractivity contribution is 5.94. The van der Waals surface area contributed by atoms with Gasteiger partial charge >= 0.3 is 0 Å². The monoisotopic (exact) mass is 426 g/mol. The average molecular weight is 427 g/mol. The first-order chi connectivity index (χ1) is 14.1. The van der Waals surface area contributed by atoms with E-state index in [1.54, 1.807) is 7.11 Å². The fourth-order valence-corrected chi connectivity index (χ4v) is 3.61. The molecule has 0 atom stereocenters. The van der Waals surface area contributed by atoms with Gasteiger partial charge in [0.25, 0.3) is 0 Å². The van der Waals surface area contributed by atoms with Gasteiger partial charge in [-0.3, -0.25) is 0 Å². The molecular formula is C22H27ClN6O. The molecule has 0 bridgehead atoms. The summed E-state index contributed by atoms with van der Waals surface area (Å²) in [5.41, 5.74) is 10.8. The second-order valence-corrected chi connectivity index (χ2v) is 7.20. The number of unbranched alkanes of at least 4 members (excludes halogenated alkanes) is 1. The third-order valence-electron chi connectivity index (χ3n) is 5.21. The highest BCUT2D eigenvalue weighted by atomic mass is 35.5. The van der Waals surface area contributed by atoms with Crippen molar-refractivity contribution in [3.05, 3.63) is 54.0 Å². The number of anilines is 1. The van der Waals surface area contributed by atoms with E-state index in [0.29, 0.717) is 12.4 Å². The second kappa shape index (κ2) is 9.17. The lowest BCUT2D eigenvalue weighted by molar-refractivity contribution is 0.414. The molecule has 3 heterocycles. The zero-order valence-electron chi connectivity index (χ0n) is 17.5. The Morgan fingerprint density at radius 1 is 1.10 bits per heavy atom. The zero-order valence-corrected chi connectivity index (χ0v) is 18.3. The van der Waals surface area contributed by atoms with Crippen LogP contribution in [0.3, 0.4) is 0 Å². The molecule has 1 aromatic carbocycles. The molecule has 3 aromatic heterocycles. The van der Waals surface area contributed by atoms with Gasteiger partial charge in [0.15, 0.2) is 5.82 Å². The minimum atomic E-state index is 0. The number of rotatable bonds is 7. The van der Waals surface area contributed by atoms with Crippen molar-refractivity contribution >= 4 is 29.3 Å². The maximum Gasteiger partial charge on any atom is 0.174 e. The van der Waals surface area contributed by atoms with Crippen molar-refractivity contribution in [1.29, 1.82) is 0 Å². The van der Waals surface area contributed by atoms with Gasteiger partial charge in [-0.2, -0.15) is 0 Å². The molecule has 30 heavy (non-hydrogen) atoms. The van der Waals surface area contributed by atoms with E-state index in [-0.39, 0.29) is 12.4 Å². The van der Waals surface area contributed by atoms with Crippen molar-refractivity contribution in [2.45, 2.75) is 32.7 Å². The topological polar surface area (TPSA) is 83.8 Å². The molecule has 0 radical (unpaired) electrons. The first-order valence-corrected chi connectivity index (χ1v) is 9.88. The summed E-state index contributed by atoms with van der Waals surface area (Å²) >= 11 is 0. The fourth-order valence-electron chi connectivity index (χ4n) is 3.61. The number of benzene rings is 1. The number of nitrogen functional groups attached to an aromatic ring is 1. The van der Waals surface area contributed by atoms with Gasteiger partial charge in [0.05, 0.1) is 12.8 Å². The number of ether oxygens (including phenoxy) is 1. The van der Waals surface area contributed by atoms with Crippen LogP contribution in [0.2, 0.25) is 0 Å². The maximum atomic E-state index is 6.19. The number of imidazole rings is 1. The van der Waals surface area contributed by atoms with Crippen molar-refractivity contribution in [2.24, 2.45) is 7.05 Å². The second-order valence-electron chi connectivity index (χ2n) is 7.20. The van der Waals surface area contributed by atoms with Crippen molar-refractivity contribution < 1.29 is 4.74 Å². The van der Waals surface area contributed by atoms with E-state index in [1.165, 1.54) is 0 Å². The Bertz CT molecular complexity index is 1130. The first-order valence-electron chi connectivity index (χ1n) is 9.88. The van der Waals surface area contributed by atoms with Crippen LogP contribution in [0.5, 0.6) is 5.75 Å². The standard InChI is InChI=1S/C22H26N6O.ClH/c1-4-5-8-18-24-20-21(28(18)14-15-9-11-16(29-3)12-10-15)19(25-26-22(20)23)17-7-6-13-27(17)2;/h6-7,9-13H,4-5,8,14H2,1-3H3,(H2,23,26);1H. The smallest absolute Gasteiger partial charge is 0.174 e. The van der Waals surface area contributed by atoms with E-state index in [9.17, 15) is 0 Å². The number of aromatic nitrogens is 5. The molecular weight excluding hydrogens is 400 g/mol. The van der Waals surface area contributed by atoms with E-state index in [2.05, 4.69) is 33.8 Å². The van der Waals surface area contributed by atoms with E-state index < -0.39 is 0 Å². The van der Waals surface area contributed by atoms with Gasteiger partial charge in [-0.1, -0.05) is 25.5 Å². The van der Waals surface area contributed by atoms with Crippen LogP contribution in [0.15, 0.2) is 42.6 Å². The molecule has 4 aromatic rings. The van der Waals surface area contributed by atoms with Crippen LogP contribution in [-0.2, 0) is 20.0 Å². The Balaban J connectivity index is 0.00000256. The van der Waals surface area contributed by atoms with Crippen molar-refractivity contribution in [3.8, 4) is 17.1 Å². The molecule has 0 amide bonds. The number of hydrogen-bond acceptors (Lipinski definition) is 5. The van der Waals surface area contributed by atoms with Crippen LogP contribution in [0.4, 0.5) is 5.82 Å². The molecule has 2 N–H and O–H groups in total. The predicted octanol–water partition coefficient (Wildman–Crippen LogP) is 4.24. The lowest BCUT2D eigenvalue weighted by Crippen LogP contribution is -2.08. The molecule has 4 rings (SSSR count). The molecule has 0 spiro atoms. The Morgan fingerprint density at radius 2 is 1.87 bits per heavy atom. The van der Waals surface area contributed by atoms with Gasteiger partial charge in [0.2, 0.25) is 0 Å². The van der Waals surface area contributed by atoms with E-state index >= 15 is 0 Å². The van der Waals surface area contributed by atoms with Crippen LogP contribution in [0.25, 0.3) is 22.4 Å². The summed E-state index contributed by atoms with van der Waals surface area (Å²) in [5.74, 6) is 2.22. The molecule has 0 unspecified atom stereocenters. The molecule has 0 saturated heterocycles. The predicted molar refractivity (Wildman–Crippen MR) is 122 cm³/mol. The molecule has 0 aliphatic heterocycles. The highest BCUT2D eigenvalue weighted by Gasteiger charge is 2.20. The Hall–Kier alpha value is -3.06. The van der Waals surface area contributed by atoms with E-state index in [0.717, 1.165) is 58.8 Å². The van der Waals surface area contributed by atoms with Gasteiger partial charge in [-0.05, 0) is 36.2 Å². The quantitative estimate of drug-likeness (QED) is 0.478. The summed E-state index contributed by atoms with van der Waals surface area (Å²) < 4.78 is 9.57. The summed E-state index contributed by atoms with van der Waals surface area (Å²) in [6.07, 6.45) is 5.04. The summed E-state index contributed by atoms with van der Waals surface area (Å²) in [4.78, 5) is 4.88. The maximum absolute atomic E-state index is 6.19. The number of nitrogens with zero attached hydrogens (tertiary/aromatic N) is 5. The van der Waals surface area contributed by atoms with Crippen LogP contribution in [-0.4, -0.2) is 31.4 Å². The molecule has 158 valence electrons. The first kappa shape index (κ1) is 21.6. The Kier molecular flexibility index (Phi) is 6.62.